The van der Waals surface area contributed by atoms with Crippen molar-refractivity contribution in [3.63, 3.8) is 0 Å². The Bertz CT molecular complexity index is 915. The van der Waals surface area contributed by atoms with Crippen molar-refractivity contribution in [1.82, 2.24) is 4.90 Å². The van der Waals surface area contributed by atoms with E-state index in [1.165, 1.54) is 6.92 Å². The van der Waals surface area contributed by atoms with Gasteiger partial charge in [0.15, 0.2) is 6.61 Å². The number of fused-ring (bicyclic) bond motifs is 5. The molecule has 0 radical (unpaired) electrons. The SMILES string of the molecule is Cc1cc(C)cc(NC(=O)COC(=O)[C@H](C)N2C(=O)[C@@H]3[C@H]4C[C@@H]([C@H](Br)[C@H]4Br)[C@H]3C2=O)c1. The molecule has 1 heterocycles. The summed E-state index contributed by atoms with van der Waals surface area (Å²) >= 11 is 7.28. The molecule has 9 heteroatoms. The van der Waals surface area contributed by atoms with Gasteiger partial charge in [0, 0.05) is 15.3 Å². The van der Waals surface area contributed by atoms with Crippen molar-refractivity contribution in [2.24, 2.45) is 23.7 Å². The summed E-state index contributed by atoms with van der Waals surface area (Å²) in [5, 5.41) is 2.69. The number of nitrogens with zero attached hydrogens (tertiary/aromatic N) is 1. The number of benzene rings is 1. The maximum Gasteiger partial charge on any atom is 0.329 e. The highest BCUT2D eigenvalue weighted by molar-refractivity contribution is 9.12. The number of esters is 1. The van der Waals surface area contributed by atoms with Crippen LogP contribution < -0.4 is 5.32 Å². The standard InChI is InChI=1S/C22H24Br2N2O5/c1-9-4-10(2)6-12(5-9)25-15(27)8-31-22(30)11(3)26-20(28)16-13-7-14(17(16)21(26)29)19(24)18(13)23/h4-6,11,13-14,16-19H,7-8H2,1-3H3,(H,25,27)/t11-,13+,14+,16+,17+,18-,19-/m0/s1. The van der Waals surface area contributed by atoms with Crippen LogP contribution in [0.1, 0.15) is 24.5 Å². The number of imide groups is 1. The third-order valence-corrected chi connectivity index (χ3v) is 9.81. The number of carbonyl (C=O) groups is 4. The number of rotatable bonds is 5. The van der Waals surface area contributed by atoms with Gasteiger partial charge < -0.3 is 10.1 Å². The number of aryl methyl sites for hydroxylation is 2. The predicted molar refractivity (Wildman–Crippen MR) is 121 cm³/mol. The van der Waals surface area contributed by atoms with E-state index in [0.29, 0.717) is 5.69 Å². The molecule has 1 N–H and O–H groups in total. The lowest BCUT2D eigenvalue weighted by atomic mass is 9.81. The average molecular weight is 556 g/mol. The predicted octanol–water partition coefficient (Wildman–Crippen LogP) is 2.95. The molecule has 3 amide bonds. The minimum Gasteiger partial charge on any atom is -0.454 e. The molecule has 1 aliphatic heterocycles. The first-order valence-electron chi connectivity index (χ1n) is 10.3. The number of ether oxygens (including phenoxy) is 1. The fourth-order valence-corrected chi connectivity index (χ4v) is 7.23. The number of hydrogen-bond donors (Lipinski definition) is 1. The molecular formula is C22H24Br2N2O5. The molecule has 3 fully saturated rings. The van der Waals surface area contributed by atoms with Crippen LogP contribution in [-0.4, -0.2) is 50.9 Å². The average Bonchev–Trinajstić information content (AvgIpc) is 3.29. The van der Waals surface area contributed by atoms with E-state index in [-0.39, 0.29) is 33.3 Å². The molecule has 1 aromatic rings. The van der Waals surface area contributed by atoms with Gasteiger partial charge in [0.1, 0.15) is 6.04 Å². The quantitative estimate of drug-likeness (QED) is 0.342. The highest BCUT2D eigenvalue weighted by Gasteiger charge is 2.67. The van der Waals surface area contributed by atoms with Gasteiger partial charge >= 0.3 is 5.97 Å². The van der Waals surface area contributed by atoms with Crippen molar-refractivity contribution >= 4 is 61.2 Å². The number of anilines is 1. The van der Waals surface area contributed by atoms with Crippen molar-refractivity contribution in [1.29, 1.82) is 0 Å². The number of likely N-dealkylation sites (tertiary alicyclic amines) is 1. The summed E-state index contributed by atoms with van der Waals surface area (Å²) in [7, 11) is 0. The first kappa shape index (κ1) is 22.5. The lowest BCUT2D eigenvalue weighted by molar-refractivity contribution is -0.159. The fraction of sp³-hybridized carbons (Fsp3) is 0.545. The van der Waals surface area contributed by atoms with Gasteiger partial charge in [-0.05, 0) is 62.3 Å². The number of nitrogens with one attached hydrogen (secondary N) is 1. The molecule has 0 aromatic heterocycles. The topological polar surface area (TPSA) is 92.8 Å². The van der Waals surface area contributed by atoms with E-state index in [4.69, 9.17) is 4.74 Å². The third kappa shape index (κ3) is 3.84. The molecular weight excluding hydrogens is 532 g/mol. The molecule has 2 bridgehead atoms. The van der Waals surface area contributed by atoms with Crippen molar-refractivity contribution in [3.8, 4) is 0 Å². The summed E-state index contributed by atoms with van der Waals surface area (Å²) in [6.07, 6.45) is 0.823. The van der Waals surface area contributed by atoms with E-state index in [2.05, 4.69) is 37.2 Å². The zero-order valence-electron chi connectivity index (χ0n) is 17.4. The van der Waals surface area contributed by atoms with Crippen molar-refractivity contribution in [2.45, 2.75) is 42.9 Å². The maximum absolute atomic E-state index is 13.0. The molecule has 7 nitrogen and oxygen atoms in total. The second-order valence-corrected chi connectivity index (χ2v) is 10.9. The molecule has 166 valence electrons. The molecule has 2 aliphatic carbocycles. The zero-order chi connectivity index (χ0) is 22.6. The Morgan fingerprint density at radius 1 is 1.06 bits per heavy atom. The summed E-state index contributed by atoms with van der Waals surface area (Å²) in [4.78, 5) is 52.1. The molecule has 4 rings (SSSR count). The third-order valence-electron chi connectivity index (χ3n) is 6.60. The maximum atomic E-state index is 13.0. The van der Waals surface area contributed by atoms with E-state index in [0.717, 1.165) is 22.4 Å². The van der Waals surface area contributed by atoms with Gasteiger partial charge in [-0.3, -0.25) is 19.3 Å². The Labute approximate surface area is 197 Å². The lowest BCUT2D eigenvalue weighted by Crippen LogP contribution is -2.45. The Morgan fingerprint density at radius 2 is 1.58 bits per heavy atom. The first-order valence-corrected chi connectivity index (χ1v) is 12.1. The molecule has 1 saturated heterocycles. The van der Waals surface area contributed by atoms with Crippen molar-refractivity contribution < 1.29 is 23.9 Å². The summed E-state index contributed by atoms with van der Waals surface area (Å²) in [5.74, 6) is -2.50. The van der Waals surface area contributed by atoms with Crippen LogP contribution in [-0.2, 0) is 23.9 Å². The Kier molecular flexibility index (Phi) is 6.02. The van der Waals surface area contributed by atoms with E-state index < -0.39 is 36.4 Å². The van der Waals surface area contributed by atoms with Gasteiger partial charge in [0.05, 0.1) is 11.8 Å². The molecule has 0 spiro atoms. The lowest BCUT2D eigenvalue weighted by Gasteiger charge is -2.28. The summed E-state index contributed by atoms with van der Waals surface area (Å²) < 4.78 is 5.13. The van der Waals surface area contributed by atoms with E-state index in [1.807, 2.05) is 32.0 Å². The molecule has 7 atom stereocenters. The largest absolute Gasteiger partial charge is 0.454 e. The Morgan fingerprint density at radius 3 is 2.10 bits per heavy atom. The minimum atomic E-state index is -1.07. The van der Waals surface area contributed by atoms with Gasteiger partial charge in [-0.1, -0.05) is 37.9 Å². The van der Waals surface area contributed by atoms with Crippen molar-refractivity contribution in [2.75, 3.05) is 11.9 Å². The minimum absolute atomic E-state index is 0.0765. The first-order chi connectivity index (χ1) is 14.6. The van der Waals surface area contributed by atoms with Gasteiger partial charge in [-0.25, -0.2) is 4.79 Å². The molecule has 0 unspecified atom stereocenters. The number of halogens is 2. The monoisotopic (exact) mass is 554 g/mol. The van der Waals surface area contributed by atoms with Crippen LogP contribution in [0.25, 0.3) is 0 Å². The number of hydrogen-bond acceptors (Lipinski definition) is 5. The molecule has 3 aliphatic rings. The van der Waals surface area contributed by atoms with Crippen LogP contribution in [0.2, 0.25) is 0 Å². The van der Waals surface area contributed by atoms with Gasteiger partial charge in [-0.15, -0.1) is 0 Å². The number of amides is 3. The fourth-order valence-electron chi connectivity index (χ4n) is 5.36. The summed E-state index contributed by atoms with van der Waals surface area (Å²) in [5.41, 5.74) is 2.62. The Balaban J connectivity index is 1.37. The Hall–Kier alpha value is -1.74. The highest BCUT2D eigenvalue weighted by atomic mass is 79.9. The van der Waals surface area contributed by atoms with Gasteiger partial charge in [0.2, 0.25) is 11.8 Å². The normalized spacial score (nSPS) is 32.2. The van der Waals surface area contributed by atoms with Crippen LogP contribution in [0, 0.1) is 37.5 Å². The number of carbonyl (C=O) groups excluding carboxylic acids is 4. The van der Waals surface area contributed by atoms with E-state index in [1.54, 1.807) is 0 Å². The van der Waals surface area contributed by atoms with Crippen LogP contribution in [0.5, 0.6) is 0 Å². The van der Waals surface area contributed by atoms with E-state index >= 15 is 0 Å². The summed E-state index contributed by atoms with van der Waals surface area (Å²) in [6, 6.07) is 4.55. The second-order valence-electron chi connectivity index (χ2n) is 8.76. The number of alkyl halides is 2. The van der Waals surface area contributed by atoms with Crippen LogP contribution in [0.4, 0.5) is 5.69 Å². The van der Waals surface area contributed by atoms with Crippen LogP contribution in [0.3, 0.4) is 0 Å². The molecule has 1 aromatic carbocycles. The second kappa shape index (κ2) is 8.31. The molecule has 31 heavy (non-hydrogen) atoms. The van der Waals surface area contributed by atoms with Crippen molar-refractivity contribution in [3.05, 3.63) is 29.3 Å². The van der Waals surface area contributed by atoms with E-state index in [9.17, 15) is 19.2 Å². The van der Waals surface area contributed by atoms with Crippen LogP contribution >= 0.6 is 31.9 Å². The van der Waals surface area contributed by atoms with Gasteiger partial charge in [0.25, 0.3) is 5.91 Å². The van der Waals surface area contributed by atoms with Crippen LogP contribution in [0.15, 0.2) is 18.2 Å². The molecule has 2 saturated carbocycles. The highest BCUT2D eigenvalue weighted by Crippen LogP contribution is 2.60. The van der Waals surface area contributed by atoms with Gasteiger partial charge in [-0.2, -0.15) is 0 Å². The smallest absolute Gasteiger partial charge is 0.329 e. The zero-order valence-corrected chi connectivity index (χ0v) is 20.6. The summed E-state index contributed by atoms with van der Waals surface area (Å²) in [6.45, 7) is 4.83.